The minimum Gasteiger partial charge on any atom is -0.336 e. The molecule has 0 unspecified atom stereocenters. The second-order valence-corrected chi connectivity index (χ2v) is 4.20. The largest absolute Gasteiger partial charge is 0.336 e. The van der Waals surface area contributed by atoms with E-state index in [1.807, 2.05) is 13.8 Å². The van der Waals surface area contributed by atoms with Crippen molar-refractivity contribution in [1.82, 2.24) is 20.1 Å². The Morgan fingerprint density at radius 1 is 1.44 bits per heavy atom. The summed E-state index contributed by atoms with van der Waals surface area (Å²) >= 11 is 0. The fraction of sp³-hybridized carbons (Fsp3) is 0.727. The molecule has 0 aromatic carbocycles. The predicted molar refractivity (Wildman–Crippen MR) is 62.2 cm³/mol. The van der Waals surface area contributed by atoms with E-state index in [9.17, 15) is 4.79 Å². The molecule has 0 aliphatic rings. The number of carbonyl (C=O) groups excluding carboxylic acids is 1. The normalized spacial score (nSPS) is 10.8. The lowest BCUT2D eigenvalue weighted by molar-refractivity contribution is 0.0734. The van der Waals surface area contributed by atoms with Crippen LogP contribution >= 0.6 is 0 Å². The van der Waals surface area contributed by atoms with Crippen LogP contribution in [0.4, 0.5) is 0 Å². The first-order valence-corrected chi connectivity index (χ1v) is 5.79. The van der Waals surface area contributed by atoms with Gasteiger partial charge < -0.3 is 4.90 Å². The molecule has 0 aliphatic heterocycles. The third kappa shape index (κ3) is 3.05. The number of amides is 1. The van der Waals surface area contributed by atoms with Gasteiger partial charge in [0.25, 0.3) is 5.91 Å². The number of H-pyrrole nitrogens is 1. The number of nitrogens with one attached hydrogen (secondary N) is 1. The Kier molecular flexibility index (Phi) is 4.46. The third-order valence-corrected chi connectivity index (χ3v) is 2.31. The van der Waals surface area contributed by atoms with Crippen molar-refractivity contribution in [3.8, 4) is 0 Å². The number of nitrogens with zero attached hydrogens (tertiary/aromatic N) is 3. The van der Waals surface area contributed by atoms with Gasteiger partial charge in [-0.25, -0.2) is 4.98 Å². The average molecular weight is 224 g/mol. The molecular weight excluding hydrogens is 204 g/mol. The summed E-state index contributed by atoms with van der Waals surface area (Å²) in [4.78, 5) is 17.9. The van der Waals surface area contributed by atoms with Gasteiger partial charge in [-0.2, -0.15) is 0 Å². The Morgan fingerprint density at radius 3 is 2.56 bits per heavy atom. The maximum atomic E-state index is 12.0. The summed E-state index contributed by atoms with van der Waals surface area (Å²) in [6, 6.07) is 0. The Morgan fingerprint density at radius 2 is 2.12 bits per heavy atom. The molecule has 0 saturated carbocycles. The molecule has 16 heavy (non-hydrogen) atoms. The van der Waals surface area contributed by atoms with Gasteiger partial charge in [0.15, 0.2) is 0 Å². The number of aryl methyl sites for hydroxylation is 1. The first-order chi connectivity index (χ1) is 7.58. The summed E-state index contributed by atoms with van der Waals surface area (Å²) in [5, 5.41) is 6.70. The maximum absolute atomic E-state index is 12.0. The molecule has 1 aromatic rings. The lowest BCUT2D eigenvalue weighted by Gasteiger charge is -2.21. The monoisotopic (exact) mass is 224 g/mol. The van der Waals surface area contributed by atoms with E-state index in [2.05, 4.69) is 29.0 Å². The van der Waals surface area contributed by atoms with E-state index in [1.165, 1.54) is 0 Å². The van der Waals surface area contributed by atoms with Crippen LogP contribution in [0.5, 0.6) is 0 Å². The lowest BCUT2D eigenvalue weighted by Crippen LogP contribution is -2.34. The number of carbonyl (C=O) groups is 1. The van der Waals surface area contributed by atoms with Crippen LogP contribution in [0.15, 0.2) is 0 Å². The Balaban J connectivity index is 2.74. The van der Waals surface area contributed by atoms with Crippen molar-refractivity contribution in [2.75, 3.05) is 13.1 Å². The standard InChI is InChI=1S/C11H20N4O/c1-5-9-12-10(14-13-9)11(16)15(6-2)7-8(3)4/h8H,5-7H2,1-4H3,(H,12,13,14). The second-order valence-electron chi connectivity index (χ2n) is 4.20. The van der Waals surface area contributed by atoms with Gasteiger partial charge in [-0.15, -0.1) is 5.10 Å². The fourth-order valence-corrected chi connectivity index (χ4v) is 1.49. The molecular formula is C11H20N4O. The van der Waals surface area contributed by atoms with Crippen LogP contribution in [-0.2, 0) is 6.42 Å². The van der Waals surface area contributed by atoms with Crippen LogP contribution in [-0.4, -0.2) is 39.1 Å². The Bertz CT molecular complexity index is 346. The van der Waals surface area contributed by atoms with Crippen molar-refractivity contribution < 1.29 is 4.79 Å². The smallest absolute Gasteiger partial charge is 0.293 e. The van der Waals surface area contributed by atoms with Crippen LogP contribution in [0.25, 0.3) is 0 Å². The highest BCUT2D eigenvalue weighted by Gasteiger charge is 2.19. The number of hydrogen-bond donors (Lipinski definition) is 1. The van der Waals surface area contributed by atoms with Crippen molar-refractivity contribution >= 4 is 5.91 Å². The zero-order valence-corrected chi connectivity index (χ0v) is 10.4. The lowest BCUT2D eigenvalue weighted by atomic mass is 10.2. The summed E-state index contributed by atoms with van der Waals surface area (Å²) in [7, 11) is 0. The number of rotatable bonds is 5. The highest BCUT2D eigenvalue weighted by molar-refractivity contribution is 5.90. The third-order valence-electron chi connectivity index (χ3n) is 2.31. The van der Waals surface area contributed by atoms with E-state index in [0.29, 0.717) is 12.5 Å². The molecule has 1 aromatic heterocycles. The summed E-state index contributed by atoms with van der Waals surface area (Å²) in [6.45, 7) is 9.54. The van der Waals surface area contributed by atoms with Gasteiger partial charge in [0.1, 0.15) is 5.82 Å². The molecule has 0 bridgehead atoms. The molecule has 0 aliphatic carbocycles. The number of aromatic amines is 1. The first-order valence-electron chi connectivity index (χ1n) is 5.79. The van der Waals surface area contributed by atoms with E-state index >= 15 is 0 Å². The van der Waals surface area contributed by atoms with Crippen LogP contribution in [0, 0.1) is 5.92 Å². The average Bonchev–Trinajstić information content (AvgIpc) is 2.73. The summed E-state index contributed by atoms with van der Waals surface area (Å²) < 4.78 is 0. The van der Waals surface area contributed by atoms with Crippen molar-refractivity contribution in [3.63, 3.8) is 0 Å². The van der Waals surface area contributed by atoms with Gasteiger partial charge in [0, 0.05) is 19.5 Å². The molecule has 1 heterocycles. The Hall–Kier alpha value is -1.39. The molecule has 5 heteroatoms. The van der Waals surface area contributed by atoms with Crippen LogP contribution < -0.4 is 0 Å². The zero-order chi connectivity index (χ0) is 12.1. The molecule has 0 fully saturated rings. The van der Waals surface area contributed by atoms with Crippen molar-refractivity contribution in [2.24, 2.45) is 5.92 Å². The van der Waals surface area contributed by atoms with Gasteiger partial charge in [0.05, 0.1) is 0 Å². The van der Waals surface area contributed by atoms with E-state index in [0.717, 1.165) is 18.8 Å². The van der Waals surface area contributed by atoms with Gasteiger partial charge in [-0.3, -0.25) is 9.89 Å². The minimum atomic E-state index is -0.0906. The minimum absolute atomic E-state index is 0.0906. The Labute approximate surface area is 96.3 Å². The van der Waals surface area contributed by atoms with Crippen molar-refractivity contribution in [2.45, 2.75) is 34.1 Å². The van der Waals surface area contributed by atoms with Crippen LogP contribution in [0.2, 0.25) is 0 Å². The number of aromatic nitrogens is 3. The molecule has 0 atom stereocenters. The van der Waals surface area contributed by atoms with Gasteiger partial charge in [0.2, 0.25) is 5.82 Å². The summed E-state index contributed by atoms with van der Waals surface area (Å²) in [5.74, 6) is 1.39. The maximum Gasteiger partial charge on any atom is 0.293 e. The number of hydrogen-bond acceptors (Lipinski definition) is 3. The van der Waals surface area contributed by atoms with Crippen LogP contribution in [0.3, 0.4) is 0 Å². The van der Waals surface area contributed by atoms with E-state index < -0.39 is 0 Å². The van der Waals surface area contributed by atoms with E-state index in [-0.39, 0.29) is 11.7 Å². The van der Waals surface area contributed by atoms with Crippen LogP contribution in [0.1, 0.15) is 44.1 Å². The topological polar surface area (TPSA) is 61.9 Å². The molecule has 1 N–H and O–H groups in total. The molecule has 1 rings (SSSR count). The molecule has 0 radical (unpaired) electrons. The highest BCUT2D eigenvalue weighted by Crippen LogP contribution is 2.04. The SMILES string of the molecule is CCc1nc(C(=O)N(CC)CC(C)C)n[nH]1. The zero-order valence-electron chi connectivity index (χ0n) is 10.4. The van der Waals surface area contributed by atoms with E-state index in [4.69, 9.17) is 0 Å². The molecule has 5 nitrogen and oxygen atoms in total. The molecule has 90 valence electrons. The van der Waals surface area contributed by atoms with Crippen molar-refractivity contribution in [1.29, 1.82) is 0 Å². The quantitative estimate of drug-likeness (QED) is 0.824. The fourth-order valence-electron chi connectivity index (χ4n) is 1.49. The van der Waals surface area contributed by atoms with Crippen molar-refractivity contribution in [3.05, 3.63) is 11.6 Å². The molecule has 0 saturated heterocycles. The van der Waals surface area contributed by atoms with Gasteiger partial charge in [-0.1, -0.05) is 20.8 Å². The first kappa shape index (κ1) is 12.7. The molecule has 0 spiro atoms. The summed E-state index contributed by atoms with van der Waals surface area (Å²) in [5.41, 5.74) is 0. The van der Waals surface area contributed by atoms with E-state index in [1.54, 1.807) is 4.90 Å². The van der Waals surface area contributed by atoms with Gasteiger partial charge >= 0.3 is 0 Å². The van der Waals surface area contributed by atoms with Gasteiger partial charge in [-0.05, 0) is 12.8 Å². The summed E-state index contributed by atoms with van der Waals surface area (Å²) in [6.07, 6.45) is 0.761. The molecule has 1 amide bonds. The second kappa shape index (κ2) is 5.63. The highest BCUT2D eigenvalue weighted by atomic mass is 16.2. The predicted octanol–water partition coefficient (Wildman–Crippen LogP) is 1.49.